The number of rotatable bonds is 0. The van der Waals surface area contributed by atoms with E-state index in [4.69, 9.17) is 16.2 Å². The Hall–Kier alpha value is -3.26. The van der Waals surface area contributed by atoms with Crippen molar-refractivity contribution in [3.05, 3.63) is 53.1 Å². The van der Waals surface area contributed by atoms with Crippen molar-refractivity contribution in [2.45, 2.75) is 12.8 Å². The van der Waals surface area contributed by atoms with Gasteiger partial charge >= 0.3 is 0 Å². The lowest BCUT2D eigenvalue weighted by Gasteiger charge is -2.27. The van der Waals surface area contributed by atoms with Crippen molar-refractivity contribution in [1.29, 1.82) is 5.26 Å². The number of nitrogen functional groups attached to an aromatic ring is 2. The van der Waals surface area contributed by atoms with E-state index < -0.39 is 0 Å². The van der Waals surface area contributed by atoms with Crippen LogP contribution in [0.2, 0.25) is 0 Å². The van der Waals surface area contributed by atoms with Crippen LogP contribution in [-0.2, 0) is 0 Å². The predicted octanol–water partition coefficient (Wildman–Crippen LogP) is 3.53. The first-order chi connectivity index (χ1) is 11.1. The van der Waals surface area contributed by atoms with Crippen LogP contribution in [0.3, 0.4) is 0 Å². The van der Waals surface area contributed by atoms with Gasteiger partial charge in [0, 0.05) is 22.4 Å². The van der Waals surface area contributed by atoms with Crippen LogP contribution in [0.5, 0.6) is 11.6 Å². The fraction of sp³-hybridized carbons (Fsp3) is 0.111. The van der Waals surface area contributed by atoms with Gasteiger partial charge in [-0.05, 0) is 5.39 Å². The van der Waals surface area contributed by atoms with E-state index >= 15 is 0 Å². The lowest BCUT2D eigenvalue weighted by Crippen LogP contribution is -2.14. The normalized spacial score (nSPS) is 15.4. The summed E-state index contributed by atoms with van der Waals surface area (Å²) in [6.07, 6.45) is 0. The molecule has 0 unspecified atom stereocenters. The van der Waals surface area contributed by atoms with Crippen molar-refractivity contribution in [3.63, 3.8) is 0 Å². The highest BCUT2D eigenvalue weighted by Gasteiger charge is 2.30. The van der Waals surface area contributed by atoms with E-state index in [0.717, 1.165) is 27.6 Å². The number of nitriles is 1. The second-order valence-corrected chi connectivity index (χ2v) is 5.65. The average Bonchev–Trinajstić information content (AvgIpc) is 2.54. The van der Waals surface area contributed by atoms with Crippen molar-refractivity contribution in [3.8, 4) is 17.7 Å². The zero-order chi connectivity index (χ0) is 16.1. The molecule has 0 amide bonds. The molecule has 23 heavy (non-hydrogen) atoms. The molecule has 3 aromatic rings. The predicted molar refractivity (Wildman–Crippen MR) is 89.3 cm³/mol. The maximum absolute atomic E-state index is 9.23. The zero-order valence-corrected chi connectivity index (χ0v) is 12.5. The Bertz CT molecular complexity index is 1000. The fourth-order valence-corrected chi connectivity index (χ4v) is 3.19. The van der Waals surface area contributed by atoms with E-state index in [-0.39, 0.29) is 17.3 Å². The summed E-state index contributed by atoms with van der Waals surface area (Å²) in [6, 6.07) is 14.1. The summed E-state index contributed by atoms with van der Waals surface area (Å²) in [5.41, 5.74) is 14.3. The molecule has 2 aromatic carbocycles. The molecule has 0 aliphatic carbocycles. The summed E-state index contributed by atoms with van der Waals surface area (Å²) in [5, 5.41) is 11.3. The van der Waals surface area contributed by atoms with Gasteiger partial charge in [0.2, 0.25) is 5.88 Å². The quantitative estimate of drug-likeness (QED) is 0.662. The number of fused-ring (bicyclic) bond motifs is 4. The summed E-state index contributed by atoms with van der Waals surface area (Å²) < 4.78 is 6.04. The smallest absolute Gasteiger partial charge is 0.227 e. The molecule has 0 fully saturated rings. The summed E-state index contributed by atoms with van der Waals surface area (Å²) in [6.45, 7) is 2.03. The number of aromatic nitrogens is 1. The van der Waals surface area contributed by atoms with Gasteiger partial charge in [-0.15, -0.1) is 0 Å². The molecule has 1 aliphatic heterocycles. The van der Waals surface area contributed by atoms with E-state index in [0.29, 0.717) is 11.6 Å². The van der Waals surface area contributed by atoms with Gasteiger partial charge in [-0.3, -0.25) is 0 Å². The Balaban J connectivity index is 2.02. The number of benzene rings is 2. The van der Waals surface area contributed by atoms with Crippen molar-refractivity contribution in [2.24, 2.45) is 0 Å². The van der Waals surface area contributed by atoms with Gasteiger partial charge in [-0.1, -0.05) is 43.3 Å². The highest BCUT2D eigenvalue weighted by molar-refractivity contribution is 5.91. The third kappa shape index (κ3) is 1.75. The number of pyridine rings is 1. The number of nitrogens with two attached hydrogens (primary N) is 2. The second kappa shape index (κ2) is 4.62. The minimum absolute atomic E-state index is 0.0291. The number of ether oxygens (including phenoxy) is 1. The van der Waals surface area contributed by atoms with Gasteiger partial charge in [0.25, 0.3) is 0 Å². The molecule has 5 heteroatoms. The van der Waals surface area contributed by atoms with E-state index in [1.165, 1.54) is 0 Å². The van der Waals surface area contributed by atoms with Crippen LogP contribution in [0.1, 0.15) is 29.5 Å². The lowest BCUT2D eigenvalue weighted by molar-refractivity contribution is 0.437. The maximum atomic E-state index is 9.23. The molecule has 0 saturated heterocycles. The Morgan fingerprint density at radius 3 is 2.74 bits per heavy atom. The van der Waals surface area contributed by atoms with Crippen molar-refractivity contribution in [2.75, 3.05) is 11.5 Å². The van der Waals surface area contributed by atoms with E-state index in [9.17, 15) is 5.26 Å². The van der Waals surface area contributed by atoms with Crippen LogP contribution in [0, 0.1) is 11.3 Å². The van der Waals surface area contributed by atoms with Crippen LogP contribution in [0.15, 0.2) is 36.4 Å². The van der Waals surface area contributed by atoms with Crippen LogP contribution in [0.4, 0.5) is 11.5 Å². The Morgan fingerprint density at radius 1 is 1.17 bits per heavy atom. The van der Waals surface area contributed by atoms with E-state index in [2.05, 4.69) is 11.1 Å². The summed E-state index contributed by atoms with van der Waals surface area (Å²) in [5.74, 6) is 1.23. The SMILES string of the molecule is C[C@H]1c2ccc3ccccc3c2Oc2nc(N)c(C#N)c(N)c21. The summed E-state index contributed by atoms with van der Waals surface area (Å²) in [7, 11) is 0. The molecule has 4 N–H and O–H groups in total. The van der Waals surface area contributed by atoms with Crippen molar-refractivity contribution in [1.82, 2.24) is 4.98 Å². The van der Waals surface area contributed by atoms with E-state index in [1.807, 2.05) is 43.3 Å². The van der Waals surface area contributed by atoms with Crippen LogP contribution < -0.4 is 16.2 Å². The van der Waals surface area contributed by atoms with Crippen LogP contribution in [-0.4, -0.2) is 4.98 Å². The first-order valence-corrected chi connectivity index (χ1v) is 7.30. The Kier molecular flexibility index (Phi) is 2.69. The first kappa shape index (κ1) is 13.4. The summed E-state index contributed by atoms with van der Waals surface area (Å²) in [4.78, 5) is 4.25. The molecule has 0 bridgehead atoms. The van der Waals surface area contributed by atoms with Gasteiger partial charge in [-0.2, -0.15) is 10.2 Å². The van der Waals surface area contributed by atoms with Crippen LogP contribution in [0.25, 0.3) is 10.8 Å². The van der Waals surface area contributed by atoms with Crippen molar-refractivity contribution >= 4 is 22.3 Å². The third-order valence-electron chi connectivity index (χ3n) is 4.39. The number of hydrogen-bond donors (Lipinski definition) is 2. The maximum Gasteiger partial charge on any atom is 0.227 e. The molecule has 2 heterocycles. The van der Waals surface area contributed by atoms with Gasteiger partial charge in [-0.25, -0.2) is 0 Å². The monoisotopic (exact) mass is 302 g/mol. The molecular weight excluding hydrogens is 288 g/mol. The molecule has 4 rings (SSSR count). The van der Waals surface area contributed by atoms with Crippen molar-refractivity contribution < 1.29 is 4.74 Å². The molecule has 112 valence electrons. The summed E-state index contributed by atoms with van der Waals surface area (Å²) >= 11 is 0. The lowest BCUT2D eigenvalue weighted by atomic mass is 9.87. The minimum Gasteiger partial charge on any atom is -0.438 e. The molecule has 0 spiro atoms. The number of nitrogens with zero attached hydrogens (tertiary/aromatic N) is 2. The molecule has 1 aliphatic rings. The largest absolute Gasteiger partial charge is 0.438 e. The van der Waals surface area contributed by atoms with Gasteiger partial charge < -0.3 is 16.2 Å². The topological polar surface area (TPSA) is 98.0 Å². The Morgan fingerprint density at radius 2 is 1.96 bits per heavy atom. The third-order valence-corrected chi connectivity index (χ3v) is 4.39. The molecule has 1 atom stereocenters. The first-order valence-electron chi connectivity index (χ1n) is 7.30. The molecular formula is C18H14N4O. The standard InChI is InChI=1S/C18H14N4O/c1-9-11-7-6-10-4-2-3-5-12(10)16(11)23-18-14(9)15(20)13(8-19)17(21)22-18/h2-7,9H,1H3,(H4,20,21,22)/t9-/m0/s1. The average molecular weight is 302 g/mol. The minimum atomic E-state index is -0.0291. The highest BCUT2D eigenvalue weighted by Crippen LogP contribution is 2.49. The fourth-order valence-electron chi connectivity index (χ4n) is 3.19. The van der Waals surface area contributed by atoms with Crippen LogP contribution >= 0.6 is 0 Å². The van der Waals surface area contributed by atoms with Gasteiger partial charge in [0.05, 0.1) is 5.69 Å². The molecule has 1 aromatic heterocycles. The van der Waals surface area contributed by atoms with E-state index in [1.54, 1.807) is 0 Å². The molecule has 0 saturated carbocycles. The highest BCUT2D eigenvalue weighted by atomic mass is 16.5. The number of hydrogen-bond acceptors (Lipinski definition) is 5. The Labute approximate surface area is 133 Å². The molecule has 0 radical (unpaired) electrons. The van der Waals surface area contributed by atoms with Gasteiger partial charge in [0.15, 0.2) is 0 Å². The number of anilines is 2. The second-order valence-electron chi connectivity index (χ2n) is 5.65. The van der Waals surface area contributed by atoms with Gasteiger partial charge in [0.1, 0.15) is 23.2 Å². The zero-order valence-electron chi connectivity index (χ0n) is 12.5. The molecule has 5 nitrogen and oxygen atoms in total.